The summed E-state index contributed by atoms with van der Waals surface area (Å²) in [5, 5.41) is 5.46. The van der Waals surface area contributed by atoms with Crippen molar-refractivity contribution in [3.8, 4) is 0 Å². The normalized spacial score (nSPS) is 27.2. The van der Waals surface area contributed by atoms with Crippen molar-refractivity contribution < 1.29 is 4.79 Å². The first kappa shape index (κ1) is 16.6. The first-order valence-corrected chi connectivity index (χ1v) is 10.1. The maximum atomic E-state index is 13.8. The number of carbonyl (C=O) groups is 1. The van der Waals surface area contributed by atoms with Crippen LogP contribution in [-0.4, -0.2) is 15.7 Å². The van der Waals surface area contributed by atoms with E-state index in [1.165, 1.54) is 11.3 Å². The Bertz CT molecular complexity index is 903. The van der Waals surface area contributed by atoms with Gasteiger partial charge in [0, 0.05) is 10.6 Å². The van der Waals surface area contributed by atoms with Gasteiger partial charge in [-0.25, -0.2) is 4.68 Å². The molecule has 4 heteroatoms. The molecule has 0 radical (unpaired) electrons. The van der Waals surface area contributed by atoms with E-state index in [4.69, 9.17) is 16.7 Å². The monoisotopic (exact) mass is 368 g/mol. The van der Waals surface area contributed by atoms with Crippen molar-refractivity contribution in [2.75, 3.05) is 0 Å². The molecule has 0 spiro atoms. The van der Waals surface area contributed by atoms with Crippen molar-refractivity contribution >= 4 is 17.5 Å². The van der Waals surface area contributed by atoms with E-state index in [1.807, 2.05) is 24.3 Å². The number of fused-ring (bicyclic) bond motifs is 3. The summed E-state index contributed by atoms with van der Waals surface area (Å²) < 4.78 is 1.78. The van der Waals surface area contributed by atoms with Gasteiger partial charge < -0.3 is 0 Å². The zero-order valence-electron chi connectivity index (χ0n) is 15.7. The van der Waals surface area contributed by atoms with Crippen LogP contribution < -0.4 is 0 Å². The van der Waals surface area contributed by atoms with Gasteiger partial charge in [-0.2, -0.15) is 5.10 Å². The molecule has 0 bridgehead atoms. The zero-order chi connectivity index (χ0) is 18.3. The van der Waals surface area contributed by atoms with Crippen LogP contribution in [-0.2, 0) is 11.8 Å². The molecule has 5 rings (SSSR count). The van der Waals surface area contributed by atoms with Crippen LogP contribution in [0.2, 0.25) is 5.02 Å². The second-order valence-corrected chi connectivity index (χ2v) is 9.50. The Hall–Kier alpha value is -1.61. The Labute approximate surface area is 159 Å². The molecule has 26 heavy (non-hydrogen) atoms. The van der Waals surface area contributed by atoms with Gasteiger partial charge >= 0.3 is 0 Å². The molecule has 3 nitrogen and oxygen atoms in total. The SMILES string of the molecule is Cc1nn(C(=O)C2(c3ccc(Cl)cc3)CCCC2)c2c1[C@H]1[C@H](C2)C1(C)C. The van der Waals surface area contributed by atoms with E-state index in [9.17, 15) is 4.79 Å². The number of carbonyl (C=O) groups excluding carboxylic acids is 1. The molecule has 136 valence electrons. The number of halogens is 1. The summed E-state index contributed by atoms with van der Waals surface area (Å²) in [7, 11) is 0. The highest BCUT2D eigenvalue weighted by atomic mass is 35.5. The van der Waals surface area contributed by atoms with Crippen molar-refractivity contribution in [1.82, 2.24) is 9.78 Å². The molecular formula is C22H25ClN2O. The van der Waals surface area contributed by atoms with Crippen LogP contribution in [0.4, 0.5) is 0 Å². The second-order valence-electron chi connectivity index (χ2n) is 9.07. The Morgan fingerprint density at radius 3 is 2.50 bits per heavy atom. The molecule has 0 unspecified atom stereocenters. The van der Waals surface area contributed by atoms with E-state index < -0.39 is 5.41 Å². The zero-order valence-corrected chi connectivity index (χ0v) is 16.4. The van der Waals surface area contributed by atoms with Crippen molar-refractivity contribution in [3.63, 3.8) is 0 Å². The highest BCUT2D eigenvalue weighted by Crippen LogP contribution is 2.70. The highest BCUT2D eigenvalue weighted by molar-refractivity contribution is 6.30. The third-order valence-electron chi connectivity index (χ3n) is 7.44. The molecule has 3 aliphatic rings. The standard InChI is InChI=1S/C22H25ClN2O/c1-13-18-17(12-16-19(18)21(16,2)3)25(24-13)20(26)22(10-4-5-11-22)14-6-8-15(23)9-7-14/h6-9,16,19H,4-5,10-12H2,1-3H3/t16-,19+/m0/s1. The molecule has 0 N–H and O–H groups in total. The van der Waals surface area contributed by atoms with Gasteiger partial charge in [0.2, 0.25) is 0 Å². The number of aryl methyl sites for hydroxylation is 1. The van der Waals surface area contributed by atoms with Gasteiger partial charge in [-0.05, 0) is 61.1 Å². The van der Waals surface area contributed by atoms with Crippen molar-refractivity contribution in [3.05, 3.63) is 51.8 Å². The van der Waals surface area contributed by atoms with E-state index in [0.717, 1.165) is 43.4 Å². The second kappa shape index (κ2) is 5.22. The summed E-state index contributed by atoms with van der Waals surface area (Å²) in [4.78, 5) is 13.8. The van der Waals surface area contributed by atoms with Crippen LogP contribution in [0.15, 0.2) is 24.3 Å². The number of hydrogen-bond acceptors (Lipinski definition) is 2. The summed E-state index contributed by atoms with van der Waals surface area (Å²) in [5.74, 6) is 1.44. The first-order chi connectivity index (χ1) is 12.4. The molecular weight excluding hydrogens is 344 g/mol. The van der Waals surface area contributed by atoms with Gasteiger partial charge in [0.25, 0.3) is 5.91 Å². The van der Waals surface area contributed by atoms with Crippen LogP contribution in [0.5, 0.6) is 0 Å². The van der Waals surface area contributed by atoms with Gasteiger partial charge in [-0.1, -0.05) is 50.4 Å². The number of nitrogens with zero attached hydrogens (tertiary/aromatic N) is 2. The summed E-state index contributed by atoms with van der Waals surface area (Å²) in [6.07, 6.45) is 4.99. The van der Waals surface area contributed by atoms with Crippen molar-refractivity contribution in [2.45, 2.75) is 64.2 Å². The van der Waals surface area contributed by atoms with E-state index in [2.05, 4.69) is 20.8 Å². The largest absolute Gasteiger partial charge is 0.272 e. The van der Waals surface area contributed by atoms with Crippen molar-refractivity contribution in [2.24, 2.45) is 11.3 Å². The fraction of sp³-hybridized carbons (Fsp3) is 0.545. The topological polar surface area (TPSA) is 34.9 Å². The minimum Gasteiger partial charge on any atom is -0.272 e. The summed E-state index contributed by atoms with van der Waals surface area (Å²) in [6.45, 7) is 6.76. The highest BCUT2D eigenvalue weighted by Gasteiger charge is 2.64. The average molecular weight is 369 g/mol. The van der Waals surface area contributed by atoms with Gasteiger partial charge in [0.05, 0.1) is 16.8 Å². The third-order valence-corrected chi connectivity index (χ3v) is 7.69. The molecule has 0 amide bonds. The molecule has 2 fully saturated rings. The molecule has 2 saturated carbocycles. The lowest BCUT2D eigenvalue weighted by Crippen LogP contribution is -2.38. The maximum absolute atomic E-state index is 13.8. The van der Waals surface area contributed by atoms with Gasteiger partial charge in [0.1, 0.15) is 0 Å². The average Bonchev–Trinajstić information content (AvgIpc) is 3.12. The van der Waals surface area contributed by atoms with Crippen molar-refractivity contribution in [1.29, 1.82) is 0 Å². The Morgan fingerprint density at radius 1 is 1.19 bits per heavy atom. The summed E-state index contributed by atoms with van der Waals surface area (Å²) >= 11 is 6.09. The first-order valence-electron chi connectivity index (χ1n) is 9.75. The minimum absolute atomic E-state index is 0.167. The molecule has 1 aromatic carbocycles. The summed E-state index contributed by atoms with van der Waals surface area (Å²) in [6, 6.07) is 7.87. The lowest BCUT2D eigenvalue weighted by Gasteiger charge is -2.28. The number of benzene rings is 1. The Morgan fingerprint density at radius 2 is 1.85 bits per heavy atom. The molecule has 2 atom stereocenters. The van der Waals surface area contributed by atoms with Crippen LogP contribution in [0.3, 0.4) is 0 Å². The van der Waals surface area contributed by atoms with E-state index in [0.29, 0.717) is 22.3 Å². The predicted octanol–water partition coefficient (Wildman–Crippen LogP) is 5.29. The van der Waals surface area contributed by atoms with Crippen LogP contribution in [0.1, 0.15) is 72.8 Å². The van der Waals surface area contributed by atoms with Crippen LogP contribution in [0.25, 0.3) is 0 Å². The maximum Gasteiger partial charge on any atom is 0.257 e. The predicted molar refractivity (Wildman–Crippen MR) is 103 cm³/mol. The third kappa shape index (κ3) is 2.01. The minimum atomic E-state index is -0.445. The molecule has 0 saturated heterocycles. The Kier molecular flexibility index (Phi) is 3.32. The lowest BCUT2D eigenvalue weighted by molar-refractivity contribution is 0.0775. The molecule has 1 aromatic heterocycles. The summed E-state index contributed by atoms with van der Waals surface area (Å²) in [5.41, 5.74) is 4.61. The van der Waals surface area contributed by atoms with Gasteiger partial charge in [0.15, 0.2) is 0 Å². The number of rotatable bonds is 2. The van der Waals surface area contributed by atoms with Crippen LogP contribution in [0, 0.1) is 18.3 Å². The van der Waals surface area contributed by atoms with E-state index >= 15 is 0 Å². The fourth-order valence-electron chi connectivity index (χ4n) is 5.84. The molecule has 1 heterocycles. The Balaban J connectivity index is 1.59. The van der Waals surface area contributed by atoms with Gasteiger partial charge in [-0.15, -0.1) is 0 Å². The number of aromatic nitrogens is 2. The number of hydrogen-bond donors (Lipinski definition) is 0. The van der Waals surface area contributed by atoms with E-state index in [1.54, 1.807) is 4.68 Å². The lowest BCUT2D eigenvalue weighted by atomic mass is 9.78. The smallest absolute Gasteiger partial charge is 0.257 e. The fourth-order valence-corrected chi connectivity index (χ4v) is 5.96. The van der Waals surface area contributed by atoms with Crippen LogP contribution >= 0.6 is 11.6 Å². The molecule has 2 aromatic rings. The van der Waals surface area contributed by atoms with Gasteiger partial charge in [-0.3, -0.25) is 4.79 Å². The molecule has 0 aliphatic heterocycles. The van der Waals surface area contributed by atoms with E-state index in [-0.39, 0.29) is 5.91 Å². The molecule has 3 aliphatic carbocycles. The quantitative estimate of drug-likeness (QED) is 0.721.